The molecule has 1 aliphatic heterocycles. The number of carbonyl (C=O) groups is 1. The lowest BCUT2D eigenvalue weighted by Crippen LogP contribution is -2.26. The molecule has 0 radical (unpaired) electrons. The third-order valence-electron chi connectivity index (χ3n) is 4.91. The fraction of sp³-hybridized carbons (Fsp3) is 0.526. The molecule has 2 aromatic rings. The molecule has 0 saturated heterocycles. The molecule has 0 aromatic carbocycles. The number of rotatable bonds is 8. The molecular weight excluding hydrogens is 344 g/mol. The van der Waals surface area contributed by atoms with Gasteiger partial charge in [-0.05, 0) is 42.5 Å². The van der Waals surface area contributed by atoms with Gasteiger partial charge in [0.05, 0.1) is 5.92 Å². The van der Waals surface area contributed by atoms with E-state index in [-0.39, 0.29) is 11.8 Å². The topological polar surface area (TPSA) is 117 Å². The maximum Gasteiger partial charge on any atom is 0.307 e. The number of nitrogens with one attached hydrogen (secondary N) is 2. The van der Waals surface area contributed by atoms with Crippen LogP contribution < -0.4 is 5.32 Å². The largest absolute Gasteiger partial charge is 0.481 e. The van der Waals surface area contributed by atoms with Crippen LogP contribution in [0.2, 0.25) is 0 Å². The number of carboxylic acid groups (broad SMARTS) is 1. The van der Waals surface area contributed by atoms with E-state index in [4.69, 9.17) is 0 Å². The predicted molar refractivity (Wildman–Crippen MR) is 101 cm³/mol. The Labute approximate surface area is 158 Å². The lowest BCUT2D eigenvalue weighted by molar-refractivity contribution is -0.143. The highest BCUT2D eigenvalue weighted by atomic mass is 16.4. The van der Waals surface area contributed by atoms with Crippen molar-refractivity contribution in [2.24, 2.45) is 11.8 Å². The highest BCUT2D eigenvalue weighted by Crippen LogP contribution is 2.31. The van der Waals surface area contributed by atoms with Crippen molar-refractivity contribution in [3.8, 4) is 0 Å². The van der Waals surface area contributed by atoms with Crippen LogP contribution in [0.3, 0.4) is 0 Å². The number of hydrogen-bond acceptors (Lipinski definition) is 6. The molecule has 3 N–H and O–H groups in total. The van der Waals surface area contributed by atoms with E-state index in [1.54, 1.807) is 0 Å². The van der Waals surface area contributed by atoms with Crippen LogP contribution >= 0.6 is 0 Å². The van der Waals surface area contributed by atoms with E-state index in [1.807, 2.05) is 26.1 Å². The average Bonchev–Trinajstić information content (AvgIpc) is 3.20. The Morgan fingerprint density at radius 2 is 2.19 bits per heavy atom. The zero-order valence-electron chi connectivity index (χ0n) is 15.7. The maximum absolute atomic E-state index is 11.9. The van der Waals surface area contributed by atoms with Crippen molar-refractivity contribution in [1.29, 1.82) is 0 Å². The van der Waals surface area contributed by atoms with Crippen molar-refractivity contribution in [3.05, 3.63) is 41.5 Å². The second-order valence-electron chi connectivity index (χ2n) is 7.38. The van der Waals surface area contributed by atoms with E-state index >= 15 is 0 Å². The summed E-state index contributed by atoms with van der Waals surface area (Å²) in [5.74, 6) is -1.12. The van der Waals surface area contributed by atoms with E-state index in [9.17, 15) is 9.90 Å². The first-order valence-corrected chi connectivity index (χ1v) is 9.35. The van der Waals surface area contributed by atoms with Crippen LogP contribution in [0.15, 0.2) is 24.4 Å². The molecule has 27 heavy (non-hydrogen) atoms. The quantitative estimate of drug-likeness (QED) is 0.651. The summed E-state index contributed by atoms with van der Waals surface area (Å²) in [7, 11) is 0. The minimum Gasteiger partial charge on any atom is -0.481 e. The van der Waals surface area contributed by atoms with Crippen LogP contribution in [0.5, 0.6) is 0 Å². The Morgan fingerprint density at radius 3 is 2.74 bits per heavy atom. The maximum atomic E-state index is 11.9. The van der Waals surface area contributed by atoms with Crippen molar-refractivity contribution in [2.75, 3.05) is 13.1 Å². The molecule has 2 atom stereocenters. The smallest absolute Gasteiger partial charge is 0.307 e. The van der Waals surface area contributed by atoms with E-state index in [1.165, 1.54) is 5.57 Å². The Balaban J connectivity index is 1.81. The van der Waals surface area contributed by atoms with Gasteiger partial charge in [-0.3, -0.25) is 9.78 Å². The van der Waals surface area contributed by atoms with Gasteiger partial charge in [-0.1, -0.05) is 31.2 Å². The van der Waals surface area contributed by atoms with Crippen LogP contribution in [0, 0.1) is 11.8 Å². The number of aliphatic carboxylic acids is 1. The van der Waals surface area contributed by atoms with Crippen molar-refractivity contribution in [2.45, 2.75) is 39.0 Å². The summed E-state index contributed by atoms with van der Waals surface area (Å²) in [6.07, 6.45) is 6.06. The SMILES string of the molecule is CC(C)C[C@H](C(=O)O)[C@H](Cc1ccc(C2=CCNCC2)cn1)c1nn[nH]n1. The number of aromatic amines is 1. The van der Waals surface area contributed by atoms with E-state index in [2.05, 4.69) is 43.1 Å². The van der Waals surface area contributed by atoms with Gasteiger partial charge in [-0.25, -0.2) is 0 Å². The summed E-state index contributed by atoms with van der Waals surface area (Å²) >= 11 is 0. The van der Waals surface area contributed by atoms with Crippen molar-refractivity contribution >= 4 is 11.5 Å². The standard InChI is InChI=1S/C19H26N6O2/c1-12(2)9-17(19(26)27)16(18-22-24-25-23-18)10-15-4-3-14(11-21-15)13-5-7-20-8-6-13/h3-5,11-12,16-17,20H,6-10H2,1-2H3,(H,26,27)(H,22,23,24,25)/t16-,17-/m0/s1. The minimum atomic E-state index is -0.838. The first-order valence-electron chi connectivity index (χ1n) is 9.35. The summed E-state index contributed by atoms with van der Waals surface area (Å²) in [4.78, 5) is 16.5. The van der Waals surface area contributed by atoms with Crippen LogP contribution in [-0.4, -0.2) is 49.8 Å². The molecule has 144 valence electrons. The number of hydrogen-bond donors (Lipinski definition) is 3. The third-order valence-corrected chi connectivity index (χ3v) is 4.91. The summed E-state index contributed by atoms with van der Waals surface area (Å²) in [5, 5.41) is 27.2. The third kappa shape index (κ3) is 4.97. The lowest BCUT2D eigenvalue weighted by atomic mass is 9.82. The lowest BCUT2D eigenvalue weighted by Gasteiger charge is -2.22. The van der Waals surface area contributed by atoms with Gasteiger partial charge >= 0.3 is 5.97 Å². The molecule has 0 amide bonds. The number of carboxylic acids is 1. The number of aromatic nitrogens is 5. The highest BCUT2D eigenvalue weighted by molar-refractivity contribution is 5.71. The van der Waals surface area contributed by atoms with Gasteiger partial charge in [0, 0.05) is 30.8 Å². The predicted octanol–water partition coefficient (Wildman–Crippen LogP) is 2.04. The van der Waals surface area contributed by atoms with Gasteiger partial charge in [0.1, 0.15) is 0 Å². The van der Waals surface area contributed by atoms with Gasteiger partial charge in [-0.15, -0.1) is 10.2 Å². The first kappa shape index (κ1) is 19.2. The van der Waals surface area contributed by atoms with Crippen LogP contribution in [-0.2, 0) is 11.2 Å². The monoisotopic (exact) mass is 370 g/mol. The molecule has 1 aliphatic rings. The zero-order valence-corrected chi connectivity index (χ0v) is 15.7. The fourth-order valence-corrected chi connectivity index (χ4v) is 3.53. The Morgan fingerprint density at radius 1 is 1.33 bits per heavy atom. The minimum absolute atomic E-state index is 0.252. The zero-order chi connectivity index (χ0) is 19.2. The molecule has 2 aromatic heterocycles. The molecule has 8 nitrogen and oxygen atoms in total. The normalized spacial score (nSPS) is 16.8. The number of pyridine rings is 1. The van der Waals surface area contributed by atoms with Crippen LogP contribution in [0.1, 0.15) is 49.7 Å². The first-order chi connectivity index (χ1) is 13.0. The number of tetrazole rings is 1. The van der Waals surface area contributed by atoms with Gasteiger partial charge < -0.3 is 10.4 Å². The van der Waals surface area contributed by atoms with Crippen molar-refractivity contribution in [3.63, 3.8) is 0 Å². The fourth-order valence-electron chi connectivity index (χ4n) is 3.53. The van der Waals surface area contributed by atoms with Gasteiger partial charge in [0.15, 0.2) is 5.82 Å². The van der Waals surface area contributed by atoms with Crippen molar-refractivity contribution in [1.82, 2.24) is 30.9 Å². The second-order valence-corrected chi connectivity index (χ2v) is 7.38. The molecule has 0 fully saturated rings. The Kier molecular flexibility index (Phi) is 6.28. The van der Waals surface area contributed by atoms with Crippen molar-refractivity contribution < 1.29 is 9.90 Å². The Bertz CT molecular complexity index is 770. The van der Waals surface area contributed by atoms with Gasteiger partial charge in [-0.2, -0.15) is 5.21 Å². The highest BCUT2D eigenvalue weighted by Gasteiger charge is 2.33. The summed E-state index contributed by atoms with van der Waals surface area (Å²) < 4.78 is 0. The summed E-state index contributed by atoms with van der Waals surface area (Å²) in [6.45, 7) is 5.89. The molecule has 0 saturated carbocycles. The molecule has 0 unspecified atom stereocenters. The van der Waals surface area contributed by atoms with Crippen LogP contribution in [0.4, 0.5) is 0 Å². The summed E-state index contributed by atoms with van der Waals surface area (Å²) in [6, 6.07) is 4.03. The van der Waals surface area contributed by atoms with Crippen LogP contribution in [0.25, 0.3) is 5.57 Å². The molecule has 0 spiro atoms. The van der Waals surface area contributed by atoms with E-state index in [0.717, 1.165) is 30.8 Å². The van der Waals surface area contributed by atoms with Gasteiger partial charge in [0.2, 0.25) is 0 Å². The second kappa shape index (κ2) is 8.85. The Hall–Kier alpha value is -2.61. The van der Waals surface area contributed by atoms with E-state index < -0.39 is 11.9 Å². The number of nitrogens with zero attached hydrogens (tertiary/aromatic N) is 4. The average molecular weight is 370 g/mol. The summed E-state index contributed by atoms with van der Waals surface area (Å²) in [5.41, 5.74) is 3.25. The number of H-pyrrole nitrogens is 1. The van der Waals surface area contributed by atoms with Gasteiger partial charge in [0.25, 0.3) is 0 Å². The molecule has 3 rings (SSSR count). The van der Waals surface area contributed by atoms with E-state index in [0.29, 0.717) is 18.7 Å². The molecule has 8 heteroatoms. The molecular formula is C19H26N6O2. The molecule has 3 heterocycles. The molecule has 0 bridgehead atoms. The molecule has 0 aliphatic carbocycles.